The van der Waals surface area contributed by atoms with Crippen LogP contribution in [0.4, 0.5) is 0 Å². The van der Waals surface area contributed by atoms with Gasteiger partial charge in [-0.15, -0.1) is 0 Å². The number of nitrogens with zero attached hydrogens (tertiary/aromatic N) is 2. The Bertz CT molecular complexity index is 819. The number of carboxylic acids is 1. The number of aromatic carboxylic acids is 1. The molecular formula is C19H20N2O2. The van der Waals surface area contributed by atoms with Gasteiger partial charge in [-0.25, -0.2) is 9.78 Å². The summed E-state index contributed by atoms with van der Waals surface area (Å²) in [6.07, 6.45) is 3.20. The van der Waals surface area contributed by atoms with Gasteiger partial charge < -0.3 is 9.67 Å². The van der Waals surface area contributed by atoms with Crippen molar-refractivity contribution in [1.29, 1.82) is 0 Å². The summed E-state index contributed by atoms with van der Waals surface area (Å²) in [6, 6.07) is 15.2. The van der Waals surface area contributed by atoms with E-state index in [0.717, 1.165) is 41.7 Å². The van der Waals surface area contributed by atoms with Crippen LogP contribution in [0.15, 0.2) is 48.5 Å². The summed E-state index contributed by atoms with van der Waals surface area (Å²) in [5, 5.41) is 9.00. The molecule has 4 heteroatoms. The first-order valence-electron chi connectivity index (χ1n) is 7.95. The van der Waals surface area contributed by atoms with Gasteiger partial charge in [0.25, 0.3) is 0 Å². The molecule has 0 fully saturated rings. The van der Waals surface area contributed by atoms with Crippen molar-refractivity contribution in [3.63, 3.8) is 0 Å². The lowest BCUT2D eigenvalue weighted by atomic mass is 10.1. The summed E-state index contributed by atoms with van der Waals surface area (Å²) in [5.41, 5.74) is 3.54. The smallest absolute Gasteiger partial charge is 0.335 e. The van der Waals surface area contributed by atoms with E-state index >= 15 is 0 Å². The summed E-state index contributed by atoms with van der Waals surface area (Å²) in [4.78, 5) is 15.7. The molecule has 0 aliphatic heterocycles. The van der Waals surface area contributed by atoms with Crippen molar-refractivity contribution in [2.75, 3.05) is 0 Å². The summed E-state index contributed by atoms with van der Waals surface area (Å²) in [6.45, 7) is 2.89. The van der Waals surface area contributed by atoms with E-state index in [0.29, 0.717) is 12.1 Å². The molecule has 118 valence electrons. The molecule has 0 spiro atoms. The van der Waals surface area contributed by atoms with Gasteiger partial charge >= 0.3 is 5.97 Å². The highest BCUT2D eigenvalue weighted by atomic mass is 16.4. The van der Waals surface area contributed by atoms with E-state index in [1.165, 1.54) is 0 Å². The molecule has 0 saturated heterocycles. The van der Waals surface area contributed by atoms with Crippen molar-refractivity contribution in [3.05, 3.63) is 65.5 Å². The number of carbonyl (C=O) groups is 1. The highest BCUT2D eigenvalue weighted by Gasteiger charge is 2.11. The number of aryl methyl sites for hydroxylation is 1. The number of hydrogen-bond acceptors (Lipinski definition) is 2. The monoisotopic (exact) mass is 308 g/mol. The second kappa shape index (κ2) is 6.65. The van der Waals surface area contributed by atoms with E-state index in [1.807, 2.05) is 30.3 Å². The van der Waals surface area contributed by atoms with Crippen LogP contribution < -0.4 is 0 Å². The number of benzene rings is 2. The Hall–Kier alpha value is -2.62. The third-order valence-electron chi connectivity index (χ3n) is 4.03. The topological polar surface area (TPSA) is 55.1 Å². The fourth-order valence-corrected chi connectivity index (χ4v) is 2.76. The number of para-hydroxylation sites is 2. The molecule has 4 nitrogen and oxygen atoms in total. The first-order chi connectivity index (χ1) is 11.2. The van der Waals surface area contributed by atoms with Crippen LogP contribution in [0.5, 0.6) is 0 Å². The van der Waals surface area contributed by atoms with Crippen LogP contribution >= 0.6 is 0 Å². The van der Waals surface area contributed by atoms with Crippen LogP contribution in [0.1, 0.15) is 41.5 Å². The van der Waals surface area contributed by atoms with Crippen molar-refractivity contribution < 1.29 is 9.90 Å². The molecule has 1 heterocycles. The van der Waals surface area contributed by atoms with Gasteiger partial charge in [0, 0.05) is 13.0 Å². The van der Waals surface area contributed by atoms with Crippen molar-refractivity contribution >= 4 is 17.0 Å². The summed E-state index contributed by atoms with van der Waals surface area (Å²) >= 11 is 0. The molecule has 1 N–H and O–H groups in total. The zero-order chi connectivity index (χ0) is 16.2. The Morgan fingerprint density at radius 2 is 1.87 bits per heavy atom. The largest absolute Gasteiger partial charge is 0.478 e. The lowest BCUT2D eigenvalue weighted by Crippen LogP contribution is -2.06. The highest BCUT2D eigenvalue weighted by Crippen LogP contribution is 2.19. The maximum absolute atomic E-state index is 11.0. The van der Waals surface area contributed by atoms with Gasteiger partial charge in [-0.3, -0.25) is 0 Å². The van der Waals surface area contributed by atoms with Gasteiger partial charge in [-0.1, -0.05) is 37.6 Å². The molecule has 3 aromatic rings. The second-order valence-electron chi connectivity index (χ2n) is 5.71. The van der Waals surface area contributed by atoms with Gasteiger partial charge in [0.2, 0.25) is 0 Å². The van der Waals surface area contributed by atoms with E-state index in [-0.39, 0.29) is 0 Å². The summed E-state index contributed by atoms with van der Waals surface area (Å²) in [5.74, 6) is 0.198. The molecule has 0 aliphatic carbocycles. The first kappa shape index (κ1) is 15.3. The molecule has 0 saturated carbocycles. The number of rotatable bonds is 6. The molecule has 0 aliphatic rings. The average molecular weight is 308 g/mol. The lowest BCUT2D eigenvalue weighted by Gasteiger charge is -2.09. The Labute approximate surface area is 135 Å². The Balaban J connectivity index is 1.95. The SMILES string of the molecule is CCCCc1nc2ccccc2n1Cc1ccc(C(=O)O)cc1. The number of imidazole rings is 1. The van der Waals surface area contributed by atoms with Gasteiger partial charge in [0.1, 0.15) is 5.82 Å². The maximum atomic E-state index is 11.0. The molecule has 0 bridgehead atoms. The normalized spacial score (nSPS) is 11.0. The van der Waals surface area contributed by atoms with Gasteiger partial charge in [0.15, 0.2) is 0 Å². The first-order valence-corrected chi connectivity index (χ1v) is 7.95. The third-order valence-corrected chi connectivity index (χ3v) is 4.03. The zero-order valence-electron chi connectivity index (χ0n) is 13.2. The van der Waals surface area contributed by atoms with Crippen LogP contribution in [-0.2, 0) is 13.0 Å². The highest BCUT2D eigenvalue weighted by molar-refractivity contribution is 5.87. The minimum absolute atomic E-state index is 0.315. The van der Waals surface area contributed by atoms with Gasteiger partial charge in [0.05, 0.1) is 16.6 Å². The summed E-state index contributed by atoms with van der Waals surface area (Å²) in [7, 11) is 0. The molecule has 0 amide bonds. The van der Waals surface area contributed by atoms with Crippen LogP contribution in [0.3, 0.4) is 0 Å². The van der Waals surface area contributed by atoms with Crippen LogP contribution in [0.25, 0.3) is 11.0 Å². The molecule has 3 rings (SSSR count). The fraction of sp³-hybridized carbons (Fsp3) is 0.263. The molecule has 1 aromatic heterocycles. The standard InChI is InChI=1S/C19H20N2O2/c1-2-3-8-18-20-16-6-4-5-7-17(16)21(18)13-14-9-11-15(12-10-14)19(22)23/h4-7,9-12H,2-3,8,13H2,1H3,(H,22,23). The molecule has 0 radical (unpaired) electrons. The molecule has 0 atom stereocenters. The van der Waals surface area contributed by atoms with Crippen molar-refractivity contribution in [2.24, 2.45) is 0 Å². The van der Waals surface area contributed by atoms with Crippen molar-refractivity contribution in [1.82, 2.24) is 9.55 Å². The Morgan fingerprint density at radius 1 is 1.13 bits per heavy atom. The number of aromatic nitrogens is 2. The number of hydrogen-bond donors (Lipinski definition) is 1. The van der Waals surface area contributed by atoms with Crippen molar-refractivity contribution in [3.8, 4) is 0 Å². The van der Waals surface area contributed by atoms with E-state index in [9.17, 15) is 4.79 Å². The number of unbranched alkanes of at least 4 members (excludes halogenated alkanes) is 1. The second-order valence-corrected chi connectivity index (χ2v) is 5.71. The lowest BCUT2D eigenvalue weighted by molar-refractivity contribution is 0.0697. The quantitative estimate of drug-likeness (QED) is 0.745. The zero-order valence-corrected chi connectivity index (χ0v) is 13.2. The van der Waals surface area contributed by atoms with Gasteiger partial charge in [-0.05, 0) is 36.2 Å². The van der Waals surface area contributed by atoms with Crippen LogP contribution in [0, 0.1) is 0 Å². The van der Waals surface area contributed by atoms with Crippen molar-refractivity contribution in [2.45, 2.75) is 32.7 Å². The molecule has 0 unspecified atom stereocenters. The fourth-order valence-electron chi connectivity index (χ4n) is 2.76. The van der Waals surface area contributed by atoms with Gasteiger partial charge in [-0.2, -0.15) is 0 Å². The third kappa shape index (κ3) is 3.26. The molecular weight excluding hydrogens is 288 g/mol. The minimum Gasteiger partial charge on any atom is -0.478 e. The van der Waals surface area contributed by atoms with Crippen LogP contribution in [-0.4, -0.2) is 20.6 Å². The maximum Gasteiger partial charge on any atom is 0.335 e. The Kier molecular flexibility index (Phi) is 4.42. The van der Waals surface area contributed by atoms with E-state index < -0.39 is 5.97 Å². The van der Waals surface area contributed by atoms with E-state index in [4.69, 9.17) is 10.1 Å². The minimum atomic E-state index is -0.895. The Morgan fingerprint density at radius 3 is 2.57 bits per heavy atom. The van der Waals surface area contributed by atoms with E-state index in [1.54, 1.807) is 12.1 Å². The number of carboxylic acid groups (broad SMARTS) is 1. The molecule has 2 aromatic carbocycles. The summed E-state index contributed by atoms with van der Waals surface area (Å²) < 4.78 is 2.24. The molecule has 23 heavy (non-hydrogen) atoms. The average Bonchev–Trinajstić information content (AvgIpc) is 2.91. The van der Waals surface area contributed by atoms with Crippen LogP contribution in [0.2, 0.25) is 0 Å². The number of fused-ring (bicyclic) bond motifs is 1. The predicted octanol–water partition coefficient (Wildman–Crippen LogP) is 4.13. The van der Waals surface area contributed by atoms with E-state index in [2.05, 4.69) is 17.6 Å². The predicted molar refractivity (Wildman–Crippen MR) is 90.8 cm³/mol.